The van der Waals surface area contributed by atoms with E-state index in [1.54, 1.807) is 18.2 Å². The molecule has 1 N–H and O–H groups in total. The number of carbonyl (C=O) groups is 1. The third kappa shape index (κ3) is 3.16. The fourth-order valence-electron chi connectivity index (χ4n) is 1.99. The first kappa shape index (κ1) is 14.6. The van der Waals surface area contributed by atoms with Crippen molar-refractivity contribution in [1.29, 1.82) is 0 Å². The number of hydrogen-bond acceptors (Lipinski definition) is 3. The van der Waals surface area contributed by atoms with Crippen LogP contribution in [0.4, 0.5) is 5.69 Å². The maximum absolute atomic E-state index is 12.3. The number of hydrogen-bond donors (Lipinski definition) is 1. The molecule has 108 valence electrons. The topological polar surface area (TPSA) is 47.6 Å². The van der Waals surface area contributed by atoms with Crippen LogP contribution in [0.1, 0.15) is 10.4 Å². The van der Waals surface area contributed by atoms with E-state index < -0.39 is 0 Å². The maximum atomic E-state index is 12.3. The van der Waals surface area contributed by atoms with E-state index >= 15 is 0 Å². The van der Waals surface area contributed by atoms with Crippen molar-refractivity contribution in [3.8, 4) is 11.5 Å². The second-order valence-electron chi connectivity index (χ2n) is 4.41. The van der Waals surface area contributed by atoms with Crippen molar-refractivity contribution in [3.05, 3.63) is 50.0 Å². The molecule has 1 amide bonds. The van der Waals surface area contributed by atoms with Crippen molar-refractivity contribution in [1.82, 2.24) is 0 Å². The predicted molar refractivity (Wildman–Crippen MR) is 92.2 cm³/mol. The van der Waals surface area contributed by atoms with Crippen molar-refractivity contribution in [2.24, 2.45) is 0 Å². The van der Waals surface area contributed by atoms with Crippen LogP contribution in [0.15, 0.2) is 40.9 Å². The summed E-state index contributed by atoms with van der Waals surface area (Å²) >= 11 is 5.59. The fourth-order valence-corrected chi connectivity index (χ4v) is 3.05. The minimum Gasteiger partial charge on any atom is -0.486 e. The lowest BCUT2D eigenvalue weighted by Crippen LogP contribution is -2.17. The van der Waals surface area contributed by atoms with E-state index in [-0.39, 0.29) is 5.91 Å². The van der Waals surface area contributed by atoms with Gasteiger partial charge in [-0.1, -0.05) is 12.1 Å². The zero-order valence-corrected chi connectivity index (χ0v) is 14.6. The standard InChI is InChI=1S/C15H11BrINO3/c16-10-7-13-14(21-6-5-20-13)8-12(10)18-15(19)9-3-1-2-4-11(9)17/h1-4,7-8H,5-6H2,(H,18,19). The molecule has 0 radical (unpaired) electrons. The largest absolute Gasteiger partial charge is 0.486 e. The van der Waals surface area contributed by atoms with Gasteiger partial charge in [-0.3, -0.25) is 4.79 Å². The average Bonchev–Trinajstić information content (AvgIpc) is 2.48. The van der Waals surface area contributed by atoms with Gasteiger partial charge in [0.15, 0.2) is 11.5 Å². The van der Waals surface area contributed by atoms with Crippen LogP contribution in [0.25, 0.3) is 0 Å². The molecule has 0 atom stereocenters. The van der Waals surface area contributed by atoms with Gasteiger partial charge in [-0.25, -0.2) is 0 Å². The van der Waals surface area contributed by atoms with E-state index in [1.807, 2.05) is 18.2 Å². The van der Waals surface area contributed by atoms with Gasteiger partial charge < -0.3 is 14.8 Å². The summed E-state index contributed by atoms with van der Waals surface area (Å²) in [6, 6.07) is 11.0. The molecule has 1 aliphatic heterocycles. The number of fused-ring (bicyclic) bond motifs is 1. The molecule has 0 aliphatic carbocycles. The highest BCUT2D eigenvalue weighted by Gasteiger charge is 2.17. The maximum Gasteiger partial charge on any atom is 0.256 e. The summed E-state index contributed by atoms with van der Waals surface area (Å²) in [5, 5.41) is 2.89. The van der Waals surface area contributed by atoms with Gasteiger partial charge in [-0.2, -0.15) is 0 Å². The summed E-state index contributed by atoms with van der Waals surface area (Å²) in [5.74, 6) is 1.17. The summed E-state index contributed by atoms with van der Waals surface area (Å²) in [6.07, 6.45) is 0. The van der Waals surface area contributed by atoms with Gasteiger partial charge in [0.2, 0.25) is 0 Å². The molecular weight excluding hydrogens is 449 g/mol. The lowest BCUT2D eigenvalue weighted by Gasteiger charge is -2.20. The summed E-state index contributed by atoms with van der Waals surface area (Å²) in [6.45, 7) is 1.05. The Labute approximate surface area is 144 Å². The van der Waals surface area contributed by atoms with Crippen LogP contribution in [-0.2, 0) is 0 Å². The number of rotatable bonds is 2. The van der Waals surface area contributed by atoms with E-state index in [1.165, 1.54) is 0 Å². The number of benzene rings is 2. The molecule has 2 aromatic carbocycles. The van der Waals surface area contributed by atoms with Crippen LogP contribution in [0, 0.1) is 3.57 Å². The second kappa shape index (κ2) is 6.23. The Morgan fingerprint density at radius 3 is 2.52 bits per heavy atom. The molecule has 0 aromatic heterocycles. The fraction of sp³-hybridized carbons (Fsp3) is 0.133. The second-order valence-corrected chi connectivity index (χ2v) is 6.43. The molecule has 0 unspecified atom stereocenters. The number of ether oxygens (including phenoxy) is 2. The minimum atomic E-state index is -0.155. The molecule has 0 spiro atoms. The van der Waals surface area contributed by atoms with Gasteiger partial charge in [-0.05, 0) is 50.7 Å². The molecule has 1 aliphatic rings. The first-order valence-electron chi connectivity index (χ1n) is 6.30. The van der Waals surface area contributed by atoms with E-state index in [0.717, 1.165) is 8.04 Å². The van der Waals surface area contributed by atoms with Crippen molar-refractivity contribution >= 4 is 50.1 Å². The zero-order chi connectivity index (χ0) is 14.8. The molecular formula is C15H11BrINO3. The normalized spacial score (nSPS) is 12.9. The molecule has 0 bridgehead atoms. The van der Waals surface area contributed by atoms with Crippen LogP contribution in [0.2, 0.25) is 0 Å². The molecule has 0 saturated carbocycles. The molecule has 1 heterocycles. The van der Waals surface area contributed by atoms with Gasteiger partial charge in [0.05, 0.1) is 11.3 Å². The number of amides is 1. The lowest BCUT2D eigenvalue weighted by atomic mass is 10.2. The number of anilines is 1. The molecule has 3 rings (SSSR count). The molecule has 0 fully saturated rings. The first-order valence-corrected chi connectivity index (χ1v) is 8.17. The van der Waals surface area contributed by atoms with Crippen molar-refractivity contribution in [2.45, 2.75) is 0 Å². The third-order valence-electron chi connectivity index (χ3n) is 3.00. The summed E-state index contributed by atoms with van der Waals surface area (Å²) < 4.78 is 12.7. The molecule has 0 saturated heterocycles. The number of carbonyl (C=O) groups excluding carboxylic acids is 1. The van der Waals surface area contributed by atoms with E-state index in [4.69, 9.17) is 9.47 Å². The first-order chi connectivity index (χ1) is 10.1. The van der Waals surface area contributed by atoms with Crippen molar-refractivity contribution < 1.29 is 14.3 Å². The van der Waals surface area contributed by atoms with E-state index in [2.05, 4.69) is 43.8 Å². The lowest BCUT2D eigenvalue weighted by molar-refractivity contribution is 0.102. The highest BCUT2D eigenvalue weighted by molar-refractivity contribution is 14.1. The number of nitrogens with one attached hydrogen (secondary N) is 1. The Morgan fingerprint density at radius 1 is 1.14 bits per heavy atom. The quantitative estimate of drug-likeness (QED) is 0.688. The van der Waals surface area contributed by atoms with Crippen LogP contribution in [0.3, 0.4) is 0 Å². The Hall–Kier alpha value is -1.28. The Kier molecular flexibility index (Phi) is 4.34. The number of halogens is 2. The third-order valence-corrected chi connectivity index (χ3v) is 4.60. The minimum absolute atomic E-state index is 0.155. The van der Waals surface area contributed by atoms with Gasteiger partial charge in [-0.15, -0.1) is 0 Å². The van der Waals surface area contributed by atoms with Gasteiger partial charge in [0.1, 0.15) is 13.2 Å². The van der Waals surface area contributed by atoms with Crippen LogP contribution >= 0.6 is 38.5 Å². The SMILES string of the molecule is O=C(Nc1cc2c(cc1Br)OCCO2)c1ccccc1I. The highest BCUT2D eigenvalue weighted by Crippen LogP contribution is 2.38. The van der Waals surface area contributed by atoms with Crippen molar-refractivity contribution in [2.75, 3.05) is 18.5 Å². The van der Waals surface area contributed by atoms with Crippen LogP contribution < -0.4 is 14.8 Å². The molecule has 21 heavy (non-hydrogen) atoms. The summed E-state index contributed by atoms with van der Waals surface area (Å²) in [7, 11) is 0. The van der Waals surface area contributed by atoms with E-state index in [9.17, 15) is 4.79 Å². The Morgan fingerprint density at radius 2 is 1.81 bits per heavy atom. The zero-order valence-electron chi connectivity index (χ0n) is 10.9. The molecule has 2 aromatic rings. The smallest absolute Gasteiger partial charge is 0.256 e. The van der Waals surface area contributed by atoms with Gasteiger partial charge >= 0.3 is 0 Å². The van der Waals surface area contributed by atoms with Gasteiger partial charge in [0.25, 0.3) is 5.91 Å². The Bertz CT molecular complexity index is 705. The predicted octanol–water partition coefficient (Wildman–Crippen LogP) is 4.08. The van der Waals surface area contributed by atoms with Crippen LogP contribution in [0.5, 0.6) is 11.5 Å². The van der Waals surface area contributed by atoms with E-state index in [0.29, 0.717) is 36.0 Å². The van der Waals surface area contributed by atoms with Crippen LogP contribution in [-0.4, -0.2) is 19.1 Å². The summed E-state index contributed by atoms with van der Waals surface area (Å²) in [5.41, 5.74) is 1.30. The summed E-state index contributed by atoms with van der Waals surface area (Å²) in [4.78, 5) is 12.3. The Balaban J connectivity index is 1.88. The highest BCUT2D eigenvalue weighted by atomic mass is 127. The average molecular weight is 460 g/mol. The molecule has 6 heteroatoms. The monoisotopic (exact) mass is 459 g/mol. The van der Waals surface area contributed by atoms with Gasteiger partial charge in [0, 0.05) is 20.2 Å². The van der Waals surface area contributed by atoms with Crippen molar-refractivity contribution in [3.63, 3.8) is 0 Å². The molecule has 4 nitrogen and oxygen atoms in total.